The number of ether oxygens (including phenoxy) is 1. The van der Waals surface area contributed by atoms with Gasteiger partial charge in [-0.15, -0.1) is 0 Å². The van der Waals surface area contributed by atoms with E-state index >= 15 is 0 Å². The lowest BCUT2D eigenvalue weighted by atomic mass is 10.1. The summed E-state index contributed by atoms with van der Waals surface area (Å²) in [4.78, 5) is 10.3. The van der Waals surface area contributed by atoms with Crippen LogP contribution in [0, 0.1) is 0 Å². The summed E-state index contributed by atoms with van der Waals surface area (Å²) in [6.45, 7) is 4.14. The third kappa shape index (κ3) is 8.32. The van der Waals surface area contributed by atoms with Crippen LogP contribution in [0.3, 0.4) is 0 Å². The van der Waals surface area contributed by atoms with Crippen LogP contribution in [0.2, 0.25) is 0 Å². The zero-order valence-electron chi connectivity index (χ0n) is 10.3. The molecule has 0 aromatic heterocycles. The van der Waals surface area contributed by atoms with Gasteiger partial charge in [-0.2, -0.15) is 0 Å². The van der Waals surface area contributed by atoms with E-state index in [-0.39, 0.29) is 18.7 Å². The minimum absolute atomic E-state index is 0.158. The molecular formula is C10H22N4O3. The molecule has 1 amide bonds. The number of oxime groups is 1. The topological polar surface area (TPSA) is 123 Å². The van der Waals surface area contributed by atoms with Crippen LogP contribution in [0.15, 0.2) is 5.16 Å². The third-order valence-electron chi connectivity index (χ3n) is 2.05. The highest BCUT2D eigenvalue weighted by Crippen LogP contribution is 2.01. The first-order chi connectivity index (χ1) is 7.97. The number of amidine groups is 1. The average molecular weight is 246 g/mol. The molecule has 1 atom stereocenters. The van der Waals surface area contributed by atoms with Crippen LogP contribution in [0.4, 0.5) is 4.79 Å². The molecule has 0 bridgehead atoms. The van der Waals surface area contributed by atoms with Crippen LogP contribution in [0.25, 0.3) is 0 Å². The average Bonchev–Trinajstić information content (AvgIpc) is 2.24. The van der Waals surface area contributed by atoms with Crippen LogP contribution in [0.5, 0.6) is 0 Å². The molecule has 0 rings (SSSR count). The number of primary amides is 1. The van der Waals surface area contributed by atoms with Gasteiger partial charge in [0, 0.05) is 6.04 Å². The summed E-state index contributed by atoms with van der Waals surface area (Å²) >= 11 is 0. The molecule has 7 heteroatoms. The van der Waals surface area contributed by atoms with Crippen molar-refractivity contribution in [2.24, 2.45) is 16.6 Å². The first-order valence-corrected chi connectivity index (χ1v) is 5.63. The quantitative estimate of drug-likeness (QED) is 0.170. The van der Waals surface area contributed by atoms with Gasteiger partial charge in [0.05, 0.1) is 12.6 Å². The Hall–Kier alpha value is -1.50. The Kier molecular flexibility index (Phi) is 7.87. The summed E-state index contributed by atoms with van der Waals surface area (Å²) < 4.78 is 4.58. The SMILES string of the molecule is CC(C)NC(=NO)[C@@H](N)CCCCOC(N)=O. The summed E-state index contributed by atoms with van der Waals surface area (Å²) in [5.74, 6) is 0.371. The summed E-state index contributed by atoms with van der Waals surface area (Å²) in [5.41, 5.74) is 10.6. The van der Waals surface area contributed by atoms with E-state index in [0.29, 0.717) is 18.7 Å². The van der Waals surface area contributed by atoms with Crippen LogP contribution in [-0.4, -0.2) is 35.8 Å². The van der Waals surface area contributed by atoms with E-state index in [9.17, 15) is 4.79 Å². The zero-order chi connectivity index (χ0) is 13.3. The summed E-state index contributed by atoms with van der Waals surface area (Å²) in [6.07, 6.45) is 1.30. The normalized spacial score (nSPS) is 13.5. The molecule has 0 fully saturated rings. The highest BCUT2D eigenvalue weighted by molar-refractivity contribution is 5.86. The summed E-state index contributed by atoms with van der Waals surface area (Å²) in [6, 6.07) is -0.193. The number of hydrogen-bond acceptors (Lipinski definition) is 5. The highest BCUT2D eigenvalue weighted by Gasteiger charge is 2.12. The number of nitrogens with two attached hydrogens (primary N) is 2. The Bertz CT molecular complexity index is 256. The largest absolute Gasteiger partial charge is 0.450 e. The molecule has 0 aromatic carbocycles. The van der Waals surface area contributed by atoms with E-state index in [0.717, 1.165) is 6.42 Å². The van der Waals surface area contributed by atoms with E-state index in [1.54, 1.807) is 0 Å². The maximum Gasteiger partial charge on any atom is 0.404 e. The number of unbranched alkanes of at least 4 members (excludes halogenated alkanes) is 1. The van der Waals surface area contributed by atoms with Crippen molar-refractivity contribution < 1.29 is 14.7 Å². The summed E-state index contributed by atoms with van der Waals surface area (Å²) in [5, 5.41) is 14.9. The van der Waals surface area contributed by atoms with E-state index in [2.05, 4.69) is 15.2 Å². The predicted molar refractivity (Wildman–Crippen MR) is 64.9 cm³/mol. The molecule has 0 aliphatic heterocycles. The molecule has 0 aromatic rings. The van der Waals surface area contributed by atoms with E-state index in [1.807, 2.05) is 13.8 Å². The van der Waals surface area contributed by atoms with Gasteiger partial charge in [0.2, 0.25) is 0 Å². The van der Waals surface area contributed by atoms with Gasteiger partial charge in [-0.1, -0.05) is 5.16 Å². The molecule has 0 saturated heterocycles. The van der Waals surface area contributed by atoms with Crippen LogP contribution >= 0.6 is 0 Å². The van der Waals surface area contributed by atoms with Crippen molar-refractivity contribution in [2.45, 2.75) is 45.2 Å². The Morgan fingerprint density at radius 3 is 2.59 bits per heavy atom. The lowest BCUT2D eigenvalue weighted by Crippen LogP contribution is -2.43. The van der Waals surface area contributed by atoms with Crippen molar-refractivity contribution in [3.05, 3.63) is 0 Å². The van der Waals surface area contributed by atoms with Gasteiger partial charge in [-0.25, -0.2) is 4.79 Å². The van der Waals surface area contributed by atoms with Gasteiger partial charge in [0.15, 0.2) is 5.84 Å². The first-order valence-electron chi connectivity index (χ1n) is 5.63. The first kappa shape index (κ1) is 15.5. The van der Waals surface area contributed by atoms with Crippen molar-refractivity contribution in [1.82, 2.24) is 5.32 Å². The molecule has 0 saturated carbocycles. The minimum Gasteiger partial charge on any atom is -0.450 e. The fraction of sp³-hybridized carbons (Fsp3) is 0.800. The number of amides is 1. The number of carbonyl (C=O) groups excluding carboxylic acids is 1. The van der Waals surface area contributed by atoms with Crippen molar-refractivity contribution >= 4 is 11.9 Å². The Labute approximate surface area is 101 Å². The maximum absolute atomic E-state index is 10.3. The molecule has 0 aliphatic rings. The van der Waals surface area contributed by atoms with Crippen molar-refractivity contribution in [3.63, 3.8) is 0 Å². The second kappa shape index (κ2) is 8.63. The standard InChI is InChI=1S/C10H22N4O3/c1-7(2)13-9(14-16)8(11)5-3-4-6-17-10(12)15/h7-8,16H,3-6,11H2,1-2H3,(H2,12,15)(H,13,14)/t8-/m0/s1. The van der Waals surface area contributed by atoms with Crippen molar-refractivity contribution in [3.8, 4) is 0 Å². The number of carbonyl (C=O) groups is 1. The second-order valence-corrected chi connectivity index (χ2v) is 4.05. The van der Waals surface area contributed by atoms with Crippen molar-refractivity contribution in [2.75, 3.05) is 6.61 Å². The molecule has 17 heavy (non-hydrogen) atoms. The molecule has 100 valence electrons. The lowest BCUT2D eigenvalue weighted by Gasteiger charge is -2.17. The van der Waals surface area contributed by atoms with Gasteiger partial charge >= 0.3 is 6.09 Å². The molecule has 0 radical (unpaired) electrons. The Morgan fingerprint density at radius 1 is 1.47 bits per heavy atom. The van der Waals surface area contributed by atoms with E-state index in [1.165, 1.54) is 0 Å². The molecule has 0 heterocycles. The van der Waals surface area contributed by atoms with Gasteiger partial charge in [-0.05, 0) is 33.1 Å². The fourth-order valence-electron chi connectivity index (χ4n) is 1.28. The maximum atomic E-state index is 10.3. The fourth-order valence-corrected chi connectivity index (χ4v) is 1.28. The van der Waals surface area contributed by atoms with Crippen LogP contribution in [-0.2, 0) is 4.74 Å². The third-order valence-corrected chi connectivity index (χ3v) is 2.05. The van der Waals surface area contributed by atoms with E-state index < -0.39 is 6.09 Å². The summed E-state index contributed by atoms with van der Waals surface area (Å²) in [7, 11) is 0. The van der Waals surface area contributed by atoms with Gasteiger partial charge in [-0.3, -0.25) is 0 Å². The molecule has 0 aliphatic carbocycles. The minimum atomic E-state index is -0.770. The molecule has 0 unspecified atom stereocenters. The predicted octanol–water partition coefficient (Wildman–Crippen LogP) is 0.365. The van der Waals surface area contributed by atoms with Gasteiger partial charge in [0.1, 0.15) is 0 Å². The van der Waals surface area contributed by atoms with Crippen LogP contribution in [0.1, 0.15) is 33.1 Å². The number of nitrogens with one attached hydrogen (secondary N) is 1. The van der Waals surface area contributed by atoms with E-state index in [4.69, 9.17) is 16.7 Å². The Morgan fingerprint density at radius 2 is 2.12 bits per heavy atom. The lowest BCUT2D eigenvalue weighted by molar-refractivity contribution is 0.154. The van der Waals surface area contributed by atoms with Gasteiger partial charge in [0.25, 0.3) is 0 Å². The number of hydrogen-bond donors (Lipinski definition) is 4. The number of nitrogens with zero attached hydrogens (tertiary/aromatic N) is 1. The Balaban J connectivity index is 3.76. The smallest absolute Gasteiger partial charge is 0.404 e. The second-order valence-electron chi connectivity index (χ2n) is 4.05. The molecule has 0 spiro atoms. The highest BCUT2D eigenvalue weighted by atomic mass is 16.5. The zero-order valence-corrected chi connectivity index (χ0v) is 10.3. The molecular weight excluding hydrogens is 224 g/mol. The monoisotopic (exact) mass is 246 g/mol. The number of rotatable bonds is 7. The van der Waals surface area contributed by atoms with Crippen molar-refractivity contribution in [1.29, 1.82) is 0 Å². The van der Waals surface area contributed by atoms with Crippen LogP contribution < -0.4 is 16.8 Å². The molecule has 6 N–H and O–H groups in total. The molecule has 7 nitrogen and oxygen atoms in total. The van der Waals surface area contributed by atoms with Gasteiger partial charge < -0.3 is 26.7 Å².